The smallest absolute Gasteiger partial charge is 0.302 e. The van der Waals surface area contributed by atoms with E-state index in [0.29, 0.717) is 6.61 Å². The minimum Gasteiger partial charge on any atom is -0.472 e. The van der Waals surface area contributed by atoms with Gasteiger partial charge in [0.05, 0.1) is 17.9 Å². The Balaban J connectivity index is 2.23. The highest BCUT2D eigenvalue weighted by molar-refractivity contribution is 5.66. The molecule has 1 unspecified atom stereocenters. The topological polar surface area (TPSA) is 39.4 Å². The van der Waals surface area contributed by atoms with E-state index in [9.17, 15) is 4.79 Å². The first kappa shape index (κ1) is 10.7. The number of furan rings is 1. The average molecular weight is 218 g/mol. The summed E-state index contributed by atoms with van der Waals surface area (Å²) in [6, 6.07) is 1.91. The minimum absolute atomic E-state index is 0.258. The molecule has 16 heavy (non-hydrogen) atoms. The van der Waals surface area contributed by atoms with Crippen LogP contribution in [0.2, 0.25) is 0 Å². The summed E-state index contributed by atoms with van der Waals surface area (Å²) in [6.45, 7) is 1.77. The maximum absolute atomic E-state index is 10.9. The van der Waals surface area contributed by atoms with Gasteiger partial charge in [0.1, 0.15) is 6.61 Å². The number of carbonyl (C=O) groups excluding carboxylic acids is 1. The summed E-state index contributed by atoms with van der Waals surface area (Å²) in [6.07, 6.45) is 12.2. The van der Waals surface area contributed by atoms with Gasteiger partial charge in [0.25, 0.3) is 0 Å². The second kappa shape index (κ2) is 4.39. The molecule has 1 atom stereocenters. The summed E-state index contributed by atoms with van der Waals surface area (Å²) in [5.41, 5.74) is 0.766. The van der Waals surface area contributed by atoms with Gasteiger partial charge in [-0.05, 0) is 12.5 Å². The van der Waals surface area contributed by atoms with Gasteiger partial charge in [-0.25, -0.2) is 0 Å². The van der Waals surface area contributed by atoms with E-state index in [-0.39, 0.29) is 11.4 Å². The highest BCUT2D eigenvalue weighted by atomic mass is 16.5. The molecule has 0 bridgehead atoms. The second-order valence-corrected chi connectivity index (χ2v) is 3.94. The molecule has 0 amide bonds. The zero-order valence-corrected chi connectivity index (χ0v) is 9.18. The number of rotatable bonds is 3. The van der Waals surface area contributed by atoms with E-state index in [1.807, 2.05) is 18.2 Å². The third kappa shape index (κ3) is 2.08. The molecule has 0 aromatic carbocycles. The molecule has 1 aromatic heterocycles. The fourth-order valence-electron chi connectivity index (χ4n) is 1.85. The maximum atomic E-state index is 10.9. The molecule has 3 nitrogen and oxygen atoms in total. The first-order valence-corrected chi connectivity index (χ1v) is 5.23. The van der Waals surface area contributed by atoms with Crippen molar-refractivity contribution in [3.63, 3.8) is 0 Å². The van der Waals surface area contributed by atoms with Crippen molar-refractivity contribution in [2.75, 3.05) is 6.61 Å². The highest BCUT2D eigenvalue weighted by Gasteiger charge is 2.31. The molecule has 84 valence electrons. The van der Waals surface area contributed by atoms with Gasteiger partial charge < -0.3 is 9.15 Å². The molecule has 1 heterocycles. The van der Waals surface area contributed by atoms with Gasteiger partial charge in [0.2, 0.25) is 0 Å². The predicted octanol–water partition coefficient (Wildman–Crippen LogP) is 2.60. The highest BCUT2D eigenvalue weighted by Crippen LogP contribution is 2.33. The van der Waals surface area contributed by atoms with Crippen LogP contribution in [0, 0.1) is 0 Å². The third-order valence-corrected chi connectivity index (χ3v) is 2.77. The van der Waals surface area contributed by atoms with Crippen molar-refractivity contribution in [1.29, 1.82) is 0 Å². The molecule has 1 aliphatic rings. The van der Waals surface area contributed by atoms with Crippen molar-refractivity contribution in [1.82, 2.24) is 0 Å². The lowest BCUT2D eigenvalue weighted by Gasteiger charge is -2.29. The summed E-state index contributed by atoms with van der Waals surface area (Å²) in [4.78, 5) is 10.9. The number of hydrogen-bond acceptors (Lipinski definition) is 3. The molecule has 0 N–H and O–H groups in total. The van der Waals surface area contributed by atoms with Crippen LogP contribution in [0.4, 0.5) is 0 Å². The van der Waals surface area contributed by atoms with Gasteiger partial charge in [-0.15, -0.1) is 0 Å². The quantitative estimate of drug-likeness (QED) is 0.732. The van der Waals surface area contributed by atoms with Crippen LogP contribution in [0.15, 0.2) is 47.3 Å². The Hall–Kier alpha value is -1.77. The fraction of sp³-hybridized carbons (Fsp3) is 0.308. The van der Waals surface area contributed by atoms with Crippen molar-refractivity contribution < 1.29 is 13.9 Å². The van der Waals surface area contributed by atoms with Crippen LogP contribution in [0.5, 0.6) is 0 Å². The number of carbonyl (C=O) groups is 1. The second-order valence-electron chi connectivity index (χ2n) is 3.94. The first-order valence-electron chi connectivity index (χ1n) is 5.23. The summed E-state index contributed by atoms with van der Waals surface area (Å²) >= 11 is 0. The zero-order chi connectivity index (χ0) is 11.4. The predicted molar refractivity (Wildman–Crippen MR) is 59.9 cm³/mol. The molecule has 3 heteroatoms. The Morgan fingerprint density at radius 2 is 2.44 bits per heavy atom. The number of hydrogen-bond donors (Lipinski definition) is 0. The largest absolute Gasteiger partial charge is 0.472 e. The van der Waals surface area contributed by atoms with Crippen molar-refractivity contribution >= 4 is 5.97 Å². The van der Waals surface area contributed by atoms with Crippen LogP contribution in [-0.4, -0.2) is 12.6 Å². The van der Waals surface area contributed by atoms with Gasteiger partial charge in [-0.2, -0.15) is 0 Å². The first-order chi connectivity index (χ1) is 7.73. The normalized spacial score (nSPS) is 23.3. The molecule has 1 aliphatic carbocycles. The van der Waals surface area contributed by atoms with Crippen LogP contribution >= 0.6 is 0 Å². The van der Waals surface area contributed by atoms with Crippen molar-refractivity contribution in [2.24, 2.45) is 0 Å². The Morgan fingerprint density at radius 1 is 1.56 bits per heavy atom. The Morgan fingerprint density at radius 3 is 3.00 bits per heavy atom. The van der Waals surface area contributed by atoms with E-state index in [4.69, 9.17) is 9.15 Å². The van der Waals surface area contributed by atoms with Gasteiger partial charge in [0.15, 0.2) is 0 Å². The zero-order valence-electron chi connectivity index (χ0n) is 9.18. The number of ether oxygens (including phenoxy) is 1. The lowest BCUT2D eigenvalue weighted by molar-refractivity contribution is -0.142. The van der Waals surface area contributed by atoms with Crippen LogP contribution in [0.1, 0.15) is 18.9 Å². The fourth-order valence-corrected chi connectivity index (χ4v) is 1.85. The van der Waals surface area contributed by atoms with Crippen molar-refractivity contribution in [3.8, 4) is 0 Å². The van der Waals surface area contributed by atoms with Crippen molar-refractivity contribution in [2.45, 2.75) is 18.8 Å². The molecule has 0 fully saturated rings. The van der Waals surface area contributed by atoms with Crippen molar-refractivity contribution in [3.05, 3.63) is 48.5 Å². The third-order valence-electron chi connectivity index (χ3n) is 2.77. The van der Waals surface area contributed by atoms with E-state index in [1.165, 1.54) is 6.92 Å². The number of allylic oxidation sites excluding steroid dienone is 3. The van der Waals surface area contributed by atoms with Gasteiger partial charge in [-0.3, -0.25) is 4.79 Å². The Labute approximate surface area is 94.4 Å². The average Bonchev–Trinajstić information content (AvgIpc) is 2.82. The molecular formula is C13H14O3. The summed E-state index contributed by atoms with van der Waals surface area (Å²) in [7, 11) is 0. The molecule has 0 spiro atoms. The van der Waals surface area contributed by atoms with E-state index in [2.05, 4.69) is 12.2 Å². The Bertz CT molecular complexity index is 414. The van der Waals surface area contributed by atoms with Crippen LogP contribution in [-0.2, 0) is 14.9 Å². The molecule has 1 aromatic rings. The summed E-state index contributed by atoms with van der Waals surface area (Å²) in [5.74, 6) is -0.258. The molecule has 0 saturated heterocycles. The molecular weight excluding hydrogens is 204 g/mol. The van der Waals surface area contributed by atoms with Crippen LogP contribution in [0.3, 0.4) is 0 Å². The lowest BCUT2D eigenvalue weighted by Crippen LogP contribution is -2.30. The lowest BCUT2D eigenvalue weighted by atomic mass is 9.77. The number of esters is 1. The van der Waals surface area contributed by atoms with E-state index in [1.54, 1.807) is 12.5 Å². The maximum Gasteiger partial charge on any atom is 0.302 e. The SMILES string of the molecule is CC(=O)OCC1(c2ccoc2)C=CC=CC1. The molecule has 0 saturated carbocycles. The van der Waals surface area contributed by atoms with E-state index in [0.717, 1.165) is 12.0 Å². The molecule has 2 rings (SSSR count). The van der Waals surface area contributed by atoms with Gasteiger partial charge in [-0.1, -0.05) is 24.3 Å². The van der Waals surface area contributed by atoms with Gasteiger partial charge in [0, 0.05) is 12.5 Å². The van der Waals surface area contributed by atoms with Crippen LogP contribution < -0.4 is 0 Å². The van der Waals surface area contributed by atoms with Crippen LogP contribution in [0.25, 0.3) is 0 Å². The summed E-state index contributed by atoms with van der Waals surface area (Å²) < 4.78 is 10.2. The summed E-state index contributed by atoms with van der Waals surface area (Å²) in [5, 5.41) is 0. The monoisotopic (exact) mass is 218 g/mol. The van der Waals surface area contributed by atoms with E-state index < -0.39 is 0 Å². The molecule has 0 aliphatic heterocycles. The standard InChI is InChI=1S/C13H14O3/c1-11(14)16-10-13(6-3-2-4-7-13)12-5-8-15-9-12/h2-6,8-9H,7,10H2,1H3. The minimum atomic E-state index is -0.270. The molecule has 0 radical (unpaired) electrons. The van der Waals surface area contributed by atoms with E-state index >= 15 is 0 Å². The van der Waals surface area contributed by atoms with Gasteiger partial charge >= 0.3 is 5.97 Å². The Kier molecular flexibility index (Phi) is 2.95.